The summed E-state index contributed by atoms with van der Waals surface area (Å²) in [7, 11) is 1.85. The fourth-order valence-corrected chi connectivity index (χ4v) is 11.5. The van der Waals surface area contributed by atoms with E-state index in [9.17, 15) is 4.79 Å². The van der Waals surface area contributed by atoms with Gasteiger partial charge in [-0.2, -0.15) is 5.11 Å². The number of aromatic carboxylic acids is 1. The number of carboxylic acid groups (broad SMARTS) is 1. The standard InChI is InChI=1S/C15H15N3O2.3C6H5.Sn/c1-10-9-11(7-8-13(10)16-2)17-18-14-6-4-3-5-12(14)15(19)20;3*1-2-4-6-5-3-1;/h3-9,16H,1-2H3,(H,19,20);3*1-5H;. The molecule has 0 unspecified atom stereocenters. The molecule has 0 saturated heterocycles. The first-order valence-electron chi connectivity index (χ1n) is 12.6. The van der Waals surface area contributed by atoms with Gasteiger partial charge in [0.25, 0.3) is 0 Å². The van der Waals surface area contributed by atoms with Crippen molar-refractivity contribution in [1.29, 1.82) is 0 Å². The summed E-state index contributed by atoms with van der Waals surface area (Å²) in [4.78, 5) is 11.1. The Morgan fingerprint density at radius 2 is 1.15 bits per heavy atom. The van der Waals surface area contributed by atoms with Gasteiger partial charge in [-0.1, -0.05) is 12.1 Å². The number of nitrogens with zero attached hydrogens (tertiary/aromatic N) is 2. The molecular formula is C33H30N3O2Sn. The summed E-state index contributed by atoms with van der Waals surface area (Å²) in [6.45, 7) is 1.97. The van der Waals surface area contributed by atoms with Crippen LogP contribution in [0.2, 0.25) is 0 Å². The van der Waals surface area contributed by atoms with Crippen molar-refractivity contribution in [3.05, 3.63) is 145 Å². The van der Waals surface area contributed by atoms with E-state index < -0.39 is 25.7 Å². The Morgan fingerprint density at radius 1 is 0.667 bits per heavy atom. The molecule has 0 spiro atoms. The first kappa shape index (κ1) is 27.8. The topological polar surface area (TPSA) is 74.0 Å². The Bertz CT molecular complexity index is 1430. The monoisotopic (exact) mass is 620 g/mol. The molecule has 0 atom stereocenters. The van der Waals surface area contributed by atoms with Crippen LogP contribution in [0.4, 0.5) is 17.1 Å². The van der Waals surface area contributed by atoms with Crippen LogP contribution >= 0.6 is 0 Å². The number of hydrogen-bond donors (Lipinski definition) is 2. The van der Waals surface area contributed by atoms with Crippen LogP contribution in [-0.2, 0) is 0 Å². The summed E-state index contributed by atoms with van der Waals surface area (Å²) in [6, 6.07) is 45.1. The van der Waals surface area contributed by atoms with E-state index in [2.05, 4.69) is 107 Å². The number of hydrogen-bond acceptors (Lipinski definition) is 4. The van der Waals surface area contributed by atoms with Gasteiger partial charge in [-0.05, 0) is 42.8 Å². The molecule has 0 aliphatic rings. The van der Waals surface area contributed by atoms with Crippen LogP contribution in [-0.4, -0.2) is 37.9 Å². The van der Waals surface area contributed by atoms with E-state index in [1.165, 1.54) is 16.8 Å². The Labute approximate surface area is 236 Å². The number of nitrogens with one attached hydrogen (secondary N) is 1. The van der Waals surface area contributed by atoms with E-state index in [4.69, 9.17) is 5.11 Å². The van der Waals surface area contributed by atoms with Gasteiger partial charge in [-0.3, -0.25) is 0 Å². The molecule has 5 aromatic rings. The minimum absolute atomic E-state index is 0.139. The Kier molecular flexibility index (Phi) is 10.0. The minimum atomic E-state index is -1.98. The number of anilines is 1. The van der Waals surface area contributed by atoms with E-state index in [1.54, 1.807) is 18.2 Å². The molecule has 0 aliphatic carbocycles. The third-order valence-electron chi connectivity index (χ3n) is 6.07. The van der Waals surface area contributed by atoms with Gasteiger partial charge < -0.3 is 10.4 Å². The predicted molar refractivity (Wildman–Crippen MR) is 162 cm³/mol. The zero-order valence-corrected chi connectivity index (χ0v) is 24.8. The molecule has 0 bridgehead atoms. The Balaban J connectivity index is 0.000000181. The van der Waals surface area contributed by atoms with Gasteiger partial charge in [0.05, 0.1) is 11.3 Å². The third-order valence-corrected chi connectivity index (χ3v) is 13.9. The van der Waals surface area contributed by atoms with Crippen LogP contribution in [0.5, 0.6) is 0 Å². The van der Waals surface area contributed by atoms with Gasteiger partial charge >= 0.3 is 127 Å². The van der Waals surface area contributed by atoms with Crippen LogP contribution < -0.4 is 16.1 Å². The summed E-state index contributed by atoms with van der Waals surface area (Å²) >= 11 is -1.98. The van der Waals surface area contributed by atoms with Crippen LogP contribution in [0.1, 0.15) is 15.9 Å². The summed E-state index contributed by atoms with van der Waals surface area (Å²) in [5, 5.41) is 20.2. The van der Waals surface area contributed by atoms with E-state index >= 15 is 0 Å². The third kappa shape index (κ3) is 7.64. The molecule has 0 amide bonds. The van der Waals surface area contributed by atoms with Crippen LogP contribution in [0.25, 0.3) is 0 Å². The first-order valence-corrected chi connectivity index (χ1v) is 16.9. The van der Waals surface area contributed by atoms with Crippen molar-refractivity contribution in [2.24, 2.45) is 10.2 Å². The fourth-order valence-electron chi connectivity index (χ4n) is 4.16. The zero-order chi connectivity index (χ0) is 27.5. The maximum atomic E-state index is 11.1. The summed E-state index contributed by atoms with van der Waals surface area (Å²) in [5.41, 5.74) is 3.24. The van der Waals surface area contributed by atoms with Crippen molar-refractivity contribution < 1.29 is 9.90 Å². The molecule has 0 heterocycles. The molecular weight excluding hydrogens is 589 g/mol. The van der Waals surface area contributed by atoms with Crippen molar-refractivity contribution in [3.8, 4) is 0 Å². The molecule has 0 saturated carbocycles. The number of carboxylic acids is 1. The zero-order valence-electron chi connectivity index (χ0n) is 22.0. The number of benzene rings is 5. The van der Waals surface area contributed by atoms with Crippen LogP contribution in [0, 0.1) is 6.92 Å². The number of azo groups is 1. The SMILES string of the molecule is CNc1ccc(N=Nc2ccccc2C(=O)O)cc1C.c1cc[c]([Sn]([c]2ccccc2)[c]2ccccc2)cc1. The molecule has 0 fully saturated rings. The average Bonchev–Trinajstić information content (AvgIpc) is 2.98. The fraction of sp³-hybridized carbons (Fsp3) is 0.0606. The maximum absolute atomic E-state index is 11.1. The second kappa shape index (κ2) is 14.1. The number of rotatable bonds is 7. The first-order chi connectivity index (χ1) is 19.1. The van der Waals surface area contributed by atoms with Gasteiger partial charge in [0.2, 0.25) is 0 Å². The quantitative estimate of drug-likeness (QED) is 0.165. The van der Waals surface area contributed by atoms with Crippen molar-refractivity contribution in [1.82, 2.24) is 0 Å². The molecule has 5 rings (SSSR count). The van der Waals surface area contributed by atoms with Crippen molar-refractivity contribution in [2.75, 3.05) is 12.4 Å². The van der Waals surface area contributed by atoms with Gasteiger partial charge in [0, 0.05) is 12.7 Å². The molecule has 6 heteroatoms. The van der Waals surface area contributed by atoms with Crippen molar-refractivity contribution >= 4 is 53.5 Å². The Morgan fingerprint density at radius 3 is 1.62 bits per heavy atom. The van der Waals surface area contributed by atoms with Gasteiger partial charge in [-0.25, -0.2) is 4.79 Å². The molecule has 0 aliphatic heterocycles. The normalized spacial score (nSPS) is 10.6. The molecule has 1 radical (unpaired) electrons. The number of aryl methyl sites for hydroxylation is 1. The van der Waals surface area contributed by atoms with Crippen molar-refractivity contribution in [3.63, 3.8) is 0 Å². The van der Waals surface area contributed by atoms with Crippen LogP contribution in [0.15, 0.2) is 144 Å². The molecule has 39 heavy (non-hydrogen) atoms. The van der Waals surface area contributed by atoms with Gasteiger partial charge in [0.15, 0.2) is 0 Å². The van der Waals surface area contributed by atoms with Crippen molar-refractivity contribution in [2.45, 2.75) is 6.92 Å². The summed E-state index contributed by atoms with van der Waals surface area (Å²) in [6.07, 6.45) is 0. The number of carbonyl (C=O) groups is 1. The average molecular weight is 619 g/mol. The van der Waals surface area contributed by atoms with E-state index in [0.717, 1.165) is 11.3 Å². The van der Waals surface area contributed by atoms with Gasteiger partial charge in [-0.15, -0.1) is 5.11 Å². The van der Waals surface area contributed by atoms with E-state index in [-0.39, 0.29) is 5.56 Å². The molecule has 193 valence electrons. The molecule has 2 N–H and O–H groups in total. The second-order valence-electron chi connectivity index (χ2n) is 8.74. The van der Waals surface area contributed by atoms with Gasteiger partial charge in [0.1, 0.15) is 5.69 Å². The molecule has 5 aromatic carbocycles. The Hall–Kier alpha value is -4.23. The van der Waals surface area contributed by atoms with E-state index in [1.807, 2.05) is 32.2 Å². The molecule has 5 nitrogen and oxygen atoms in total. The molecule has 0 aromatic heterocycles. The second-order valence-corrected chi connectivity index (χ2v) is 15.8. The van der Waals surface area contributed by atoms with Crippen LogP contribution in [0.3, 0.4) is 0 Å². The van der Waals surface area contributed by atoms with E-state index in [0.29, 0.717) is 11.4 Å². The predicted octanol–water partition coefficient (Wildman–Crippen LogP) is 6.35. The summed E-state index contributed by atoms with van der Waals surface area (Å²) in [5.74, 6) is -1.01. The summed E-state index contributed by atoms with van der Waals surface area (Å²) < 4.78 is 4.59.